The minimum absolute atomic E-state index is 0.199. The van der Waals surface area contributed by atoms with Crippen molar-refractivity contribution >= 4 is 11.6 Å². The van der Waals surface area contributed by atoms with Crippen LogP contribution in [0.15, 0.2) is 48.7 Å². The summed E-state index contributed by atoms with van der Waals surface area (Å²) in [6.07, 6.45) is 1.52. The smallest absolute Gasteiger partial charge is 0.255 e. The van der Waals surface area contributed by atoms with Crippen molar-refractivity contribution < 1.29 is 14.3 Å². The fraction of sp³-hybridized carbons (Fsp3) is 0.238. The van der Waals surface area contributed by atoms with Crippen molar-refractivity contribution in [2.45, 2.75) is 6.54 Å². The minimum Gasteiger partial charge on any atom is -0.493 e. The lowest BCUT2D eigenvalue weighted by molar-refractivity contribution is 0.0951. The number of ether oxygens (including phenoxy) is 2. The Hall–Kier alpha value is -3.48. The maximum absolute atomic E-state index is 12.7. The van der Waals surface area contributed by atoms with E-state index in [9.17, 15) is 4.79 Å². The molecule has 28 heavy (non-hydrogen) atoms. The average Bonchev–Trinajstić information content (AvgIpc) is 3.21. The normalized spacial score (nSPS) is 10.4. The molecule has 2 N–H and O–H groups in total. The number of carbonyl (C=O) groups is 1. The lowest BCUT2D eigenvalue weighted by atomic mass is 10.1. The van der Waals surface area contributed by atoms with E-state index in [1.54, 1.807) is 20.3 Å². The van der Waals surface area contributed by atoms with Crippen LogP contribution in [0.1, 0.15) is 15.9 Å². The summed E-state index contributed by atoms with van der Waals surface area (Å²) in [5.74, 6) is 1.01. The van der Waals surface area contributed by atoms with Crippen molar-refractivity contribution in [3.05, 3.63) is 59.8 Å². The Kier molecular flexibility index (Phi) is 5.84. The first-order valence-electron chi connectivity index (χ1n) is 8.83. The van der Waals surface area contributed by atoms with E-state index in [2.05, 4.69) is 15.5 Å². The number of anilines is 1. The van der Waals surface area contributed by atoms with Crippen LogP contribution in [0.5, 0.6) is 11.5 Å². The molecule has 1 aromatic heterocycles. The molecule has 2 aromatic carbocycles. The van der Waals surface area contributed by atoms with Gasteiger partial charge >= 0.3 is 0 Å². The topological polar surface area (TPSA) is 79.5 Å². The Morgan fingerprint density at radius 3 is 2.43 bits per heavy atom. The molecule has 7 nitrogen and oxygen atoms in total. The third kappa shape index (κ3) is 4.09. The summed E-state index contributed by atoms with van der Waals surface area (Å²) in [6.45, 7) is 0.434. The van der Waals surface area contributed by atoms with Gasteiger partial charge in [0.25, 0.3) is 5.91 Å². The summed E-state index contributed by atoms with van der Waals surface area (Å²) >= 11 is 0. The second-order valence-corrected chi connectivity index (χ2v) is 6.47. The van der Waals surface area contributed by atoms with Gasteiger partial charge in [-0.3, -0.25) is 9.89 Å². The third-order valence-electron chi connectivity index (χ3n) is 4.46. The van der Waals surface area contributed by atoms with E-state index in [1.807, 2.05) is 55.4 Å². The number of nitrogens with zero attached hydrogens (tertiary/aromatic N) is 2. The van der Waals surface area contributed by atoms with E-state index in [4.69, 9.17) is 9.47 Å². The van der Waals surface area contributed by atoms with Gasteiger partial charge in [-0.15, -0.1) is 0 Å². The average molecular weight is 380 g/mol. The van der Waals surface area contributed by atoms with Crippen LogP contribution in [-0.2, 0) is 6.54 Å². The molecule has 0 saturated carbocycles. The van der Waals surface area contributed by atoms with Crippen LogP contribution in [0.3, 0.4) is 0 Å². The number of methoxy groups -OCH3 is 2. The molecule has 1 heterocycles. The number of aromatic nitrogens is 2. The first-order chi connectivity index (χ1) is 13.5. The highest BCUT2D eigenvalue weighted by Gasteiger charge is 2.17. The number of nitrogens with one attached hydrogen (secondary N) is 2. The SMILES string of the molecule is COc1ccc(-c2[nH]ncc2C(=O)NCc2ccc(N(C)C)cc2)cc1OC. The second kappa shape index (κ2) is 8.47. The number of amides is 1. The number of carbonyl (C=O) groups excluding carboxylic acids is 1. The zero-order valence-corrected chi connectivity index (χ0v) is 16.4. The predicted molar refractivity (Wildman–Crippen MR) is 109 cm³/mol. The largest absolute Gasteiger partial charge is 0.493 e. The van der Waals surface area contributed by atoms with Gasteiger partial charge in [0.1, 0.15) is 0 Å². The molecule has 0 spiro atoms. The standard InChI is InChI=1S/C21H24N4O3/c1-25(2)16-8-5-14(6-9-16)12-22-21(26)17-13-23-24-20(17)15-7-10-18(27-3)19(11-15)28-4/h5-11,13H,12H2,1-4H3,(H,22,26)(H,23,24). The molecular formula is C21H24N4O3. The highest BCUT2D eigenvalue weighted by Crippen LogP contribution is 2.32. The van der Waals surface area contributed by atoms with Gasteiger partial charge in [0.2, 0.25) is 0 Å². The van der Waals surface area contributed by atoms with E-state index in [0.29, 0.717) is 29.3 Å². The van der Waals surface area contributed by atoms with Crippen molar-refractivity contribution in [1.82, 2.24) is 15.5 Å². The number of rotatable bonds is 7. The van der Waals surface area contributed by atoms with Crippen LogP contribution in [0.2, 0.25) is 0 Å². The van der Waals surface area contributed by atoms with Crippen molar-refractivity contribution in [2.75, 3.05) is 33.2 Å². The van der Waals surface area contributed by atoms with Gasteiger partial charge in [0.05, 0.1) is 31.7 Å². The van der Waals surface area contributed by atoms with Gasteiger partial charge in [0, 0.05) is 31.9 Å². The molecule has 0 bridgehead atoms. The lowest BCUT2D eigenvalue weighted by Crippen LogP contribution is -2.23. The third-order valence-corrected chi connectivity index (χ3v) is 4.46. The second-order valence-electron chi connectivity index (χ2n) is 6.47. The molecule has 0 atom stereocenters. The van der Waals surface area contributed by atoms with Crippen LogP contribution in [0.4, 0.5) is 5.69 Å². The van der Waals surface area contributed by atoms with Crippen molar-refractivity contribution in [3.63, 3.8) is 0 Å². The van der Waals surface area contributed by atoms with Gasteiger partial charge in [-0.25, -0.2) is 0 Å². The predicted octanol–water partition coefficient (Wildman–Crippen LogP) is 3.09. The summed E-state index contributed by atoms with van der Waals surface area (Å²) < 4.78 is 10.6. The lowest BCUT2D eigenvalue weighted by Gasteiger charge is -2.13. The molecule has 3 aromatic rings. The number of aromatic amines is 1. The van der Waals surface area contributed by atoms with E-state index in [1.165, 1.54) is 6.20 Å². The molecule has 146 valence electrons. The number of H-pyrrole nitrogens is 1. The fourth-order valence-electron chi connectivity index (χ4n) is 2.86. The first-order valence-corrected chi connectivity index (χ1v) is 8.83. The van der Waals surface area contributed by atoms with Gasteiger partial charge in [-0.2, -0.15) is 5.10 Å². The summed E-state index contributed by atoms with van der Waals surface area (Å²) in [5, 5.41) is 9.88. The molecule has 0 unspecified atom stereocenters. The molecule has 0 saturated heterocycles. The Bertz CT molecular complexity index is 949. The molecule has 3 rings (SSSR count). The van der Waals surface area contributed by atoms with E-state index < -0.39 is 0 Å². The minimum atomic E-state index is -0.199. The van der Waals surface area contributed by atoms with Crippen LogP contribution in [0, 0.1) is 0 Å². The van der Waals surface area contributed by atoms with Crippen LogP contribution >= 0.6 is 0 Å². The van der Waals surface area contributed by atoms with Gasteiger partial charge in [-0.05, 0) is 35.9 Å². The van der Waals surface area contributed by atoms with E-state index in [-0.39, 0.29) is 5.91 Å². The maximum atomic E-state index is 12.7. The molecule has 7 heteroatoms. The van der Waals surface area contributed by atoms with Crippen molar-refractivity contribution in [1.29, 1.82) is 0 Å². The number of hydrogen-bond donors (Lipinski definition) is 2. The Labute approximate surface area is 164 Å². The zero-order chi connectivity index (χ0) is 20.1. The van der Waals surface area contributed by atoms with E-state index >= 15 is 0 Å². The number of hydrogen-bond acceptors (Lipinski definition) is 5. The van der Waals surface area contributed by atoms with Gasteiger partial charge in [-0.1, -0.05) is 12.1 Å². The quantitative estimate of drug-likeness (QED) is 0.658. The Balaban J connectivity index is 1.75. The van der Waals surface area contributed by atoms with Gasteiger partial charge in [0.15, 0.2) is 11.5 Å². The fourth-order valence-corrected chi connectivity index (χ4v) is 2.86. The van der Waals surface area contributed by atoms with Crippen LogP contribution in [-0.4, -0.2) is 44.4 Å². The van der Waals surface area contributed by atoms with Crippen LogP contribution in [0.25, 0.3) is 11.3 Å². The molecular weight excluding hydrogens is 356 g/mol. The Morgan fingerprint density at radius 2 is 1.79 bits per heavy atom. The molecule has 0 fully saturated rings. The monoisotopic (exact) mass is 380 g/mol. The Morgan fingerprint density at radius 1 is 1.07 bits per heavy atom. The summed E-state index contributed by atoms with van der Waals surface area (Å²) in [7, 11) is 7.14. The highest BCUT2D eigenvalue weighted by atomic mass is 16.5. The molecule has 0 aliphatic carbocycles. The van der Waals surface area contributed by atoms with Gasteiger partial charge < -0.3 is 19.7 Å². The summed E-state index contributed by atoms with van der Waals surface area (Å²) in [5.41, 5.74) is 4.02. The zero-order valence-electron chi connectivity index (χ0n) is 16.4. The maximum Gasteiger partial charge on any atom is 0.255 e. The molecule has 0 aliphatic heterocycles. The first kappa shape index (κ1) is 19.3. The molecule has 0 radical (unpaired) electrons. The molecule has 1 amide bonds. The van der Waals surface area contributed by atoms with Crippen molar-refractivity contribution in [2.24, 2.45) is 0 Å². The molecule has 0 aliphatic rings. The highest BCUT2D eigenvalue weighted by molar-refractivity contribution is 5.99. The summed E-state index contributed by atoms with van der Waals surface area (Å²) in [4.78, 5) is 14.7. The van der Waals surface area contributed by atoms with Crippen LogP contribution < -0.4 is 19.7 Å². The summed E-state index contributed by atoms with van der Waals surface area (Å²) in [6, 6.07) is 13.5. The van der Waals surface area contributed by atoms with E-state index in [0.717, 1.165) is 16.8 Å². The number of benzene rings is 2. The van der Waals surface area contributed by atoms with Crippen molar-refractivity contribution in [3.8, 4) is 22.8 Å².